The van der Waals surface area contributed by atoms with E-state index in [1.54, 1.807) is 6.33 Å². The normalized spacial score (nSPS) is 19.0. The van der Waals surface area contributed by atoms with Gasteiger partial charge in [-0.1, -0.05) is 12.8 Å². The van der Waals surface area contributed by atoms with Crippen molar-refractivity contribution < 1.29 is 4.79 Å². The molecule has 4 rings (SSSR count). The summed E-state index contributed by atoms with van der Waals surface area (Å²) >= 11 is 0. The maximum atomic E-state index is 12.5. The lowest BCUT2D eigenvalue weighted by molar-refractivity contribution is -0.135. The highest BCUT2D eigenvalue weighted by molar-refractivity contribution is 5.79. The zero-order valence-corrected chi connectivity index (χ0v) is 13.8. The second-order valence-corrected chi connectivity index (χ2v) is 6.62. The predicted octanol–water partition coefficient (Wildman–Crippen LogP) is 2.11. The van der Waals surface area contributed by atoms with Gasteiger partial charge in [0.25, 0.3) is 0 Å². The molecule has 24 heavy (non-hydrogen) atoms. The van der Waals surface area contributed by atoms with Crippen molar-refractivity contribution in [3.63, 3.8) is 0 Å². The summed E-state index contributed by atoms with van der Waals surface area (Å²) < 4.78 is 1.98. The van der Waals surface area contributed by atoms with Crippen LogP contribution in [-0.2, 0) is 4.79 Å². The Kier molecular flexibility index (Phi) is 4.19. The Morgan fingerprint density at radius 2 is 1.62 bits per heavy atom. The summed E-state index contributed by atoms with van der Waals surface area (Å²) in [5.74, 6) is 2.44. The molecule has 0 N–H and O–H groups in total. The van der Waals surface area contributed by atoms with E-state index in [0.717, 1.165) is 50.7 Å². The van der Waals surface area contributed by atoms with E-state index in [2.05, 4.69) is 14.9 Å². The average Bonchev–Trinajstić information content (AvgIpc) is 3.35. The van der Waals surface area contributed by atoms with Gasteiger partial charge in [-0.25, -0.2) is 9.97 Å². The molecule has 1 saturated heterocycles. The number of piperazine rings is 1. The lowest BCUT2D eigenvalue weighted by Gasteiger charge is -2.36. The number of hydrogen-bond donors (Lipinski definition) is 0. The smallest absolute Gasteiger partial charge is 0.225 e. The van der Waals surface area contributed by atoms with Crippen LogP contribution >= 0.6 is 0 Å². The third-order valence-electron chi connectivity index (χ3n) is 5.13. The van der Waals surface area contributed by atoms with Crippen molar-refractivity contribution in [1.29, 1.82) is 0 Å². The van der Waals surface area contributed by atoms with Gasteiger partial charge < -0.3 is 14.4 Å². The monoisotopic (exact) mass is 325 g/mol. The average molecular weight is 325 g/mol. The lowest BCUT2D eigenvalue weighted by atomic mass is 10.1. The molecule has 3 heterocycles. The Labute approximate surface area is 142 Å². The third kappa shape index (κ3) is 3.00. The van der Waals surface area contributed by atoms with Crippen molar-refractivity contribution >= 4 is 11.7 Å². The number of carbonyl (C=O) groups is 1. The van der Waals surface area contributed by atoms with Gasteiger partial charge >= 0.3 is 0 Å². The van der Waals surface area contributed by atoms with Crippen molar-refractivity contribution in [3.8, 4) is 5.82 Å². The van der Waals surface area contributed by atoms with Gasteiger partial charge in [-0.05, 0) is 25.0 Å². The summed E-state index contributed by atoms with van der Waals surface area (Å²) in [6, 6.07) is 5.97. The molecule has 1 amide bonds. The molecule has 0 spiro atoms. The zero-order chi connectivity index (χ0) is 16.4. The fourth-order valence-corrected chi connectivity index (χ4v) is 3.73. The van der Waals surface area contributed by atoms with Crippen molar-refractivity contribution in [1.82, 2.24) is 19.4 Å². The number of hydrogen-bond acceptors (Lipinski definition) is 4. The lowest BCUT2D eigenvalue weighted by Crippen LogP contribution is -2.50. The van der Waals surface area contributed by atoms with Crippen molar-refractivity contribution in [2.75, 3.05) is 31.1 Å². The molecule has 2 aliphatic rings. The van der Waals surface area contributed by atoms with E-state index >= 15 is 0 Å². The van der Waals surface area contributed by atoms with E-state index in [9.17, 15) is 4.79 Å². The second-order valence-electron chi connectivity index (χ2n) is 6.62. The number of amides is 1. The molecule has 6 nitrogen and oxygen atoms in total. The maximum Gasteiger partial charge on any atom is 0.225 e. The molecule has 2 aromatic rings. The summed E-state index contributed by atoms with van der Waals surface area (Å²) in [4.78, 5) is 25.6. The van der Waals surface area contributed by atoms with Crippen LogP contribution in [0.25, 0.3) is 5.82 Å². The molecular weight excluding hydrogens is 302 g/mol. The number of nitrogens with zero attached hydrogens (tertiary/aromatic N) is 5. The van der Waals surface area contributed by atoms with Crippen LogP contribution in [0.1, 0.15) is 25.7 Å². The van der Waals surface area contributed by atoms with Gasteiger partial charge in [-0.2, -0.15) is 0 Å². The molecule has 0 radical (unpaired) electrons. The Balaban J connectivity index is 1.41. The summed E-state index contributed by atoms with van der Waals surface area (Å²) in [5, 5.41) is 0. The Morgan fingerprint density at radius 1 is 0.958 bits per heavy atom. The molecule has 0 bridgehead atoms. The minimum atomic E-state index is 0.274. The van der Waals surface area contributed by atoms with Crippen molar-refractivity contribution in [2.45, 2.75) is 25.7 Å². The van der Waals surface area contributed by atoms with Gasteiger partial charge in [-0.3, -0.25) is 4.79 Å². The fourth-order valence-electron chi connectivity index (χ4n) is 3.73. The van der Waals surface area contributed by atoms with Crippen molar-refractivity contribution in [3.05, 3.63) is 36.9 Å². The summed E-state index contributed by atoms with van der Waals surface area (Å²) in [6.07, 6.45) is 10.1. The van der Waals surface area contributed by atoms with E-state index in [-0.39, 0.29) is 5.92 Å². The van der Waals surface area contributed by atoms with Crippen molar-refractivity contribution in [2.24, 2.45) is 5.92 Å². The van der Waals surface area contributed by atoms with Gasteiger partial charge in [0.2, 0.25) is 5.91 Å². The topological polar surface area (TPSA) is 54.3 Å². The first-order chi connectivity index (χ1) is 11.8. The first-order valence-electron chi connectivity index (χ1n) is 8.80. The van der Waals surface area contributed by atoms with Crippen LogP contribution < -0.4 is 4.90 Å². The van der Waals surface area contributed by atoms with Gasteiger partial charge in [0.05, 0.1) is 0 Å². The van der Waals surface area contributed by atoms with Crippen LogP contribution in [0.2, 0.25) is 0 Å². The molecule has 1 saturated carbocycles. The molecule has 126 valence electrons. The van der Waals surface area contributed by atoms with Gasteiger partial charge in [-0.15, -0.1) is 0 Å². The van der Waals surface area contributed by atoms with Crippen LogP contribution in [0.15, 0.2) is 36.9 Å². The van der Waals surface area contributed by atoms with E-state index in [4.69, 9.17) is 0 Å². The van der Waals surface area contributed by atoms with Gasteiger partial charge in [0.1, 0.15) is 18.0 Å². The highest BCUT2D eigenvalue weighted by Gasteiger charge is 2.29. The minimum Gasteiger partial charge on any atom is -0.353 e. The molecule has 0 aromatic carbocycles. The molecule has 2 aromatic heterocycles. The van der Waals surface area contributed by atoms with Crippen LogP contribution in [0, 0.1) is 5.92 Å². The highest BCUT2D eigenvalue weighted by atomic mass is 16.2. The molecular formula is C18H23N5O. The summed E-state index contributed by atoms with van der Waals surface area (Å²) in [5.41, 5.74) is 0. The molecule has 6 heteroatoms. The minimum absolute atomic E-state index is 0.274. The first kappa shape index (κ1) is 15.2. The largest absolute Gasteiger partial charge is 0.353 e. The fraction of sp³-hybridized carbons (Fsp3) is 0.500. The van der Waals surface area contributed by atoms with E-state index in [0.29, 0.717) is 5.91 Å². The quantitative estimate of drug-likeness (QED) is 0.867. The third-order valence-corrected chi connectivity index (χ3v) is 5.13. The molecule has 0 unspecified atom stereocenters. The second kappa shape index (κ2) is 6.63. The van der Waals surface area contributed by atoms with Gasteiger partial charge in [0.15, 0.2) is 0 Å². The van der Waals surface area contributed by atoms with E-state index in [1.165, 1.54) is 12.8 Å². The number of aromatic nitrogens is 3. The van der Waals surface area contributed by atoms with Crippen LogP contribution in [0.4, 0.5) is 5.82 Å². The highest BCUT2D eigenvalue weighted by Crippen LogP contribution is 2.27. The standard InChI is InChI=1S/C18H23N5O/c24-18(15-5-1-2-6-15)23-11-9-22(10-12-23)17-13-16(19-14-20-17)21-7-3-4-8-21/h3-4,7-8,13-15H,1-2,5-6,9-12H2. The van der Waals surface area contributed by atoms with E-state index in [1.807, 2.05) is 40.1 Å². The summed E-state index contributed by atoms with van der Waals surface area (Å²) in [7, 11) is 0. The van der Waals surface area contributed by atoms with E-state index < -0.39 is 0 Å². The number of rotatable bonds is 3. The van der Waals surface area contributed by atoms with Crippen LogP contribution in [-0.4, -0.2) is 51.5 Å². The van der Waals surface area contributed by atoms with Gasteiger partial charge in [0, 0.05) is 50.6 Å². The molecule has 2 fully saturated rings. The Hall–Kier alpha value is -2.37. The first-order valence-corrected chi connectivity index (χ1v) is 8.80. The summed E-state index contributed by atoms with van der Waals surface area (Å²) in [6.45, 7) is 3.25. The Morgan fingerprint density at radius 3 is 2.33 bits per heavy atom. The SMILES string of the molecule is O=C(C1CCCC1)N1CCN(c2cc(-n3cccc3)ncn2)CC1. The maximum absolute atomic E-state index is 12.5. The predicted molar refractivity (Wildman–Crippen MR) is 92.1 cm³/mol. The molecule has 1 aliphatic carbocycles. The number of carbonyl (C=O) groups excluding carboxylic acids is 1. The Bertz CT molecular complexity index is 685. The zero-order valence-electron chi connectivity index (χ0n) is 13.8. The number of anilines is 1. The van der Waals surface area contributed by atoms with Crippen LogP contribution in [0.5, 0.6) is 0 Å². The molecule has 1 aliphatic heterocycles. The molecule has 0 atom stereocenters. The van der Waals surface area contributed by atoms with Crippen LogP contribution in [0.3, 0.4) is 0 Å².